The molecule has 0 saturated heterocycles. The predicted octanol–water partition coefficient (Wildman–Crippen LogP) is 6.78. The van der Waals surface area contributed by atoms with Crippen molar-refractivity contribution in [3.05, 3.63) is 88.6 Å². The number of carboxylic acids is 1. The SMILES string of the molecule is C=C(CCCN1[C@H](c2c(F)cc(/C=C/C(=O)O)cc2F)c2[nH]c3ccccc3c2C[C@H]1C)C(F)(F)F. The van der Waals surface area contributed by atoms with E-state index in [0.717, 1.165) is 40.8 Å². The molecule has 0 aliphatic carbocycles. The van der Waals surface area contributed by atoms with Gasteiger partial charge in [-0.1, -0.05) is 24.8 Å². The number of alkyl halides is 3. The fourth-order valence-electron chi connectivity index (χ4n) is 4.91. The molecule has 0 saturated carbocycles. The molecule has 1 aromatic heterocycles. The van der Waals surface area contributed by atoms with E-state index in [2.05, 4.69) is 11.6 Å². The van der Waals surface area contributed by atoms with Crippen molar-refractivity contribution in [2.24, 2.45) is 0 Å². The zero-order chi connectivity index (χ0) is 26.2. The molecule has 2 heterocycles. The second kappa shape index (κ2) is 9.89. The molecule has 0 amide bonds. The minimum absolute atomic E-state index is 0.0462. The molecule has 0 bridgehead atoms. The monoisotopic (exact) mass is 504 g/mol. The first-order chi connectivity index (χ1) is 17.0. The van der Waals surface area contributed by atoms with E-state index in [1.165, 1.54) is 0 Å². The van der Waals surface area contributed by atoms with Crippen LogP contribution in [0.3, 0.4) is 0 Å². The highest BCUT2D eigenvalue weighted by Gasteiger charge is 2.39. The third-order valence-corrected chi connectivity index (χ3v) is 6.61. The van der Waals surface area contributed by atoms with Crippen LogP contribution in [0.25, 0.3) is 17.0 Å². The van der Waals surface area contributed by atoms with Crippen molar-refractivity contribution in [2.45, 2.75) is 44.4 Å². The van der Waals surface area contributed by atoms with Gasteiger partial charge in [0.05, 0.1) is 6.04 Å². The predicted molar refractivity (Wildman–Crippen MR) is 127 cm³/mol. The average Bonchev–Trinajstić information content (AvgIpc) is 3.16. The summed E-state index contributed by atoms with van der Waals surface area (Å²) in [5.41, 5.74) is 1.26. The highest BCUT2D eigenvalue weighted by Crippen LogP contribution is 2.43. The summed E-state index contributed by atoms with van der Waals surface area (Å²) in [4.78, 5) is 15.9. The van der Waals surface area contributed by atoms with E-state index in [9.17, 15) is 18.0 Å². The van der Waals surface area contributed by atoms with Crippen LogP contribution in [0.15, 0.2) is 54.6 Å². The molecule has 4 rings (SSSR count). The van der Waals surface area contributed by atoms with Crippen molar-refractivity contribution in [3.63, 3.8) is 0 Å². The number of carbonyl (C=O) groups is 1. The summed E-state index contributed by atoms with van der Waals surface area (Å²) >= 11 is 0. The van der Waals surface area contributed by atoms with E-state index in [1.54, 1.807) is 0 Å². The first-order valence-electron chi connectivity index (χ1n) is 11.5. The number of nitrogens with one attached hydrogen (secondary N) is 1. The van der Waals surface area contributed by atoms with Crippen LogP contribution in [0.1, 0.15) is 48.2 Å². The zero-order valence-electron chi connectivity index (χ0n) is 19.5. The molecule has 0 spiro atoms. The molecule has 1 aliphatic heterocycles. The number of para-hydroxylation sites is 1. The van der Waals surface area contributed by atoms with E-state index in [-0.39, 0.29) is 36.6 Å². The molecule has 2 N–H and O–H groups in total. The Hall–Kier alpha value is -3.46. The molecule has 2 atom stereocenters. The number of halogens is 5. The second-order valence-corrected chi connectivity index (χ2v) is 9.03. The van der Waals surface area contributed by atoms with Gasteiger partial charge in [0.15, 0.2) is 0 Å². The summed E-state index contributed by atoms with van der Waals surface area (Å²) in [6.45, 7) is 5.17. The molecule has 9 heteroatoms. The van der Waals surface area contributed by atoms with Crippen molar-refractivity contribution in [2.75, 3.05) is 6.54 Å². The van der Waals surface area contributed by atoms with Crippen molar-refractivity contribution < 1.29 is 31.9 Å². The molecule has 3 aromatic rings. The Balaban J connectivity index is 1.78. The van der Waals surface area contributed by atoms with Gasteiger partial charge in [0.25, 0.3) is 0 Å². The minimum atomic E-state index is -4.49. The first kappa shape index (κ1) is 25.6. The summed E-state index contributed by atoms with van der Waals surface area (Å²) in [5, 5.41) is 9.75. The third kappa shape index (κ3) is 5.06. The van der Waals surface area contributed by atoms with Gasteiger partial charge in [-0.2, -0.15) is 13.2 Å². The summed E-state index contributed by atoms with van der Waals surface area (Å²) in [5.74, 6) is -2.99. The molecule has 1 aliphatic rings. The van der Waals surface area contributed by atoms with Crippen LogP contribution in [0.5, 0.6) is 0 Å². The molecule has 190 valence electrons. The Morgan fingerprint density at radius 2 is 1.89 bits per heavy atom. The molecular formula is C27H25F5N2O2. The fourth-order valence-corrected chi connectivity index (χ4v) is 4.91. The third-order valence-electron chi connectivity index (χ3n) is 6.61. The summed E-state index contributed by atoms with van der Waals surface area (Å²) in [6, 6.07) is 8.48. The Labute approximate surface area is 204 Å². The Bertz CT molecular complexity index is 1320. The van der Waals surface area contributed by atoms with Crippen LogP contribution < -0.4 is 0 Å². The van der Waals surface area contributed by atoms with Gasteiger partial charge in [-0.15, -0.1) is 0 Å². The molecule has 36 heavy (non-hydrogen) atoms. The molecule has 0 radical (unpaired) electrons. The van der Waals surface area contributed by atoms with Gasteiger partial charge in [-0.3, -0.25) is 4.90 Å². The van der Waals surface area contributed by atoms with Crippen molar-refractivity contribution >= 4 is 22.9 Å². The van der Waals surface area contributed by atoms with E-state index in [4.69, 9.17) is 5.11 Å². The number of aromatic amines is 1. The van der Waals surface area contributed by atoms with Gasteiger partial charge >= 0.3 is 12.1 Å². The van der Waals surface area contributed by atoms with Gasteiger partial charge in [0.1, 0.15) is 11.6 Å². The second-order valence-electron chi connectivity index (χ2n) is 9.03. The smallest absolute Gasteiger partial charge is 0.412 e. The van der Waals surface area contributed by atoms with Crippen molar-refractivity contribution in [1.29, 1.82) is 0 Å². The van der Waals surface area contributed by atoms with E-state index in [0.29, 0.717) is 12.1 Å². The topological polar surface area (TPSA) is 56.3 Å². The van der Waals surface area contributed by atoms with Gasteiger partial charge in [-0.05, 0) is 68.1 Å². The molecular weight excluding hydrogens is 479 g/mol. The van der Waals surface area contributed by atoms with Crippen LogP contribution >= 0.6 is 0 Å². The van der Waals surface area contributed by atoms with Crippen LogP contribution in [0.4, 0.5) is 22.0 Å². The normalized spacial score (nSPS) is 18.6. The molecule has 0 fully saturated rings. The van der Waals surface area contributed by atoms with E-state index in [1.807, 2.05) is 36.1 Å². The Morgan fingerprint density at radius 1 is 1.22 bits per heavy atom. The Kier molecular flexibility index (Phi) is 7.04. The number of benzene rings is 2. The molecule has 0 unspecified atom stereocenters. The maximum atomic E-state index is 15.5. The van der Waals surface area contributed by atoms with E-state index >= 15 is 8.78 Å². The number of carboxylic acid groups (broad SMARTS) is 1. The van der Waals surface area contributed by atoms with Gasteiger partial charge in [0.2, 0.25) is 0 Å². The number of aliphatic carboxylic acids is 1. The highest BCUT2D eigenvalue weighted by atomic mass is 19.4. The van der Waals surface area contributed by atoms with Crippen LogP contribution in [-0.4, -0.2) is 39.7 Å². The zero-order valence-corrected chi connectivity index (χ0v) is 19.5. The maximum absolute atomic E-state index is 15.5. The number of hydrogen-bond donors (Lipinski definition) is 2. The van der Waals surface area contributed by atoms with Crippen molar-refractivity contribution in [1.82, 2.24) is 9.88 Å². The lowest BCUT2D eigenvalue weighted by molar-refractivity contribution is -0.131. The average molecular weight is 504 g/mol. The summed E-state index contributed by atoms with van der Waals surface area (Å²) in [7, 11) is 0. The lowest BCUT2D eigenvalue weighted by atomic mass is 9.87. The number of fused-ring (bicyclic) bond motifs is 3. The number of H-pyrrole nitrogens is 1. The highest BCUT2D eigenvalue weighted by molar-refractivity contribution is 5.86. The number of rotatable bonds is 7. The van der Waals surface area contributed by atoms with Crippen LogP contribution in [0, 0.1) is 11.6 Å². The van der Waals surface area contributed by atoms with Gasteiger partial charge < -0.3 is 10.1 Å². The molecule has 2 aromatic carbocycles. The largest absolute Gasteiger partial charge is 0.478 e. The lowest BCUT2D eigenvalue weighted by Crippen LogP contribution is -2.43. The van der Waals surface area contributed by atoms with Crippen LogP contribution in [-0.2, 0) is 11.2 Å². The van der Waals surface area contributed by atoms with Gasteiger partial charge in [-0.25, -0.2) is 13.6 Å². The van der Waals surface area contributed by atoms with Crippen molar-refractivity contribution in [3.8, 4) is 0 Å². The van der Waals surface area contributed by atoms with E-state index < -0.39 is 35.4 Å². The maximum Gasteiger partial charge on any atom is 0.412 e. The lowest BCUT2D eigenvalue weighted by Gasteiger charge is -2.41. The number of hydrogen-bond acceptors (Lipinski definition) is 2. The fraction of sp³-hybridized carbons (Fsp3) is 0.296. The first-order valence-corrected chi connectivity index (χ1v) is 11.5. The summed E-state index contributed by atoms with van der Waals surface area (Å²) < 4.78 is 69.7. The van der Waals surface area contributed by atoms with Crippen LogP contribution in [0.2, 0.25) is 0 Å². The Morgan fingerprint density at radius 3 is 2.53 bits per heavy atom. The standard InChI is InChI=1S/C27H25F5N2O2/c1-15(27(30,31)32)6-5-11-34-16(2)12-19-18-7-3-4-8-22(18)33-25(19)26(34)24-20(28)13-17(14-21(24)29)9-10-23(35)36/h3-4,7-10,13-14,16,26,33H,1,5-6,11-12H2,2H3,(H,35,36)/b10-9+/t16-,26-/m1/s1. The summed E-state index contributed by atoms with van der Waals surface area (Å²) in [6.07, 6.45) is -2.24. The molecule has 4 nitrogen and oxygen atoms in total. The minimum Gasteiger partial charge on any atom is -0.478 e. The number of nitrogens with zero attached hydrogens (tertiary/aromatic N) is 1. The number of aromatic nitrogens is 1. The quantitative estimate of drug-likeness (QED) is 0.212. The number of allylic oxidation sites excluding steroid dienone is 1. The van der Waals surface area contributed by atoms with Gasteiger partial charge in [0, 0.05) is 39.9 Å².